The van der Waals surface area contributed by atoms with Gasteiger partial charge in [0.2, 0.25) is 0 Å². The van der Waals surface area contributed by atoms with Gasteiger partial charge in [-0.2, -0.15) is 0 Å². The van der Waals surface area contributed by atoms with Crippen molar-refractivity contribution < 1.29 is 19.7 Å². The first kappa shape index (κ1) is 11.5. The summed E-state index contributed by atoms with van der Waals surface area (Å²) in [6, 6.07) is 0. The zero-order chi connectivity index (χ0) is 10.7. The molecular weight excluding hydrogens is 184 g/mol. The highest BCUT2D eigenvalue weighted by Crippen LogP contribution is 2.26. The molecule has 0 aromatic carbocycles. The Morgan fingerprint density at radius 3 is 2.50 bits per heavy atom. The summed E-state index contributed by atoms with van der Waals surface area (Å²) in [5, 5.41) is 18.9. The minimum Gasteiger partial charge on any atom is -0.481 e. The molecule has 0 amide bonds. The van der Waals surface area contributed by atoms with Gasteiger partial charge in [0.1, 0.15) is 0 Å². The van der Waals surface area contributed by atoms with Crippen molar-refractivity contribution in [1.82, 2.24) is 0 Å². The highest BCUT2D eigenvalue weighted by molar-refractivity contribution is 5.71. The van der Waals surface area contributed by atoms with Crippen LogP contribution in [-0.4, -0.2) is 35.5 Å². The topological polar surface area (TPSA) is 66.8 Å². The van der Waals surface area contributed by atoms with E-state index >= 15 is 0 Å². The first-order valence-corrected chi connectivity index (χ1v) is 5.02. The number of ether oxygens (including phenoxy) is 1. The lowest BCUT2D eigenvalue weighted by Crippen LogP contribution is -2.38. The van der Waals surface area contributed by atoms with Gasteiger partial charge in [-0.05, 0) is 12.3 Å². The van der Waals surface area contributed by atoms with Crippen LogP contribution in [0.5, 0.6) is 0 Å². The standard InChI is InChI=1S/C10H18O4/c1-6(2)8(10(12)13)9(11)7-3-4-14-5-7/h6-9,11H,3-5H2,1-2H3,(H,12,13). The molecule has 82 valence electrons. The first-order valence-electron chi connectivity index (χ1n) is 5.02. The second kappa shape index (κ2) is 4.75. The van der Waals surface area contributed by atoms with E-state index in [0.717, 1.165) is 6.42 Å². The molecule has 1 heterocycles. The minimum absolute atomic E-state index is 0.0153. The predicted molar refractivity (Wildman–Crippen MR) is 50.9 cm³/mol. The summed E-state index contributed by atoms with van der Waals surface area (Å²) in [5.41, 5.74) is 0. The van der Waals surface area contributed by atoms with Gasteiger partial charge >= 0.3 is 5.97 Å². The Morgan fingerprint density at radius 1 is 1.50 bits per heavy atom. The van der Waals surface area contributed by atoms with Gasteiger partial charge in [-0.15, -0.1) is 0 Å². The second-order valence-corrected chi connectivity index (χ2v) is 4.22. The van der Waals surface area contributed by atoms with Crippen LogP contribution in [0.3, 0.4) is 0 Å². The van der Waals surface area contributed by atoms with Crippen molar-refractivity contribution in [3.8, 4) is 0 Å². The van der Waals surface area contributed by atoms with Gasteiger partial charge in [-0.3, -0.25) is 4.79 Å². The first-order chi connectivity index (χ1) is 6.54. The molecule has 1 fully saturated rings. The fourth-order valence-corrected chi connectivity index (χ4v) is 1.94. The number of aliphatic hydroxyl groups excluding tert-OH is 1. The van der Waals surface area contributed by atoms with E-state index in [1.807, 2.05) is 13.8 Å². The van der Waals surface area contributed by atoms with E-state index in [9.17, 15) is 9.90 Å². The highest BCUT2D eigenvalue weighted by Gasteiger charge is 2.36. The van der Waals surface area contributed by atoms with Crippen LogP contribution in [0.1, 0.15) is 20.3 Å². The minimum atomic E-state index is -0.917. The Hall–Kier alpha value is -0.610. The van der Waals surface area contributed by atoms with Crippen molar-refractivity contribution in [3.05, 3.63) is 0 Å². The van der Waals surface area contributed by atoms with Crippen molar-refractivity contribution in [2.45, 2.75) is 26.4 Å². The molecule has 0 radical (unpaired) electrons. The normalized spacial score (nSPS) is 26.4. The number of hydrogen-bond acceptors (Lipinski definition) is 3. The maximum atomic E-state index is 10.9. The summed E-state index contributed by atoms with van der Waals surface area (Å²) >= 11 is 0. The summed E-state index contributed by atoms with van der Waals surface area (Å²) in [7, 11) is 0. The molecule has 0 aliphatic carbocycles. The van der Waals surface area contributed by atoms with Crippen LogP contribution >= 0.6 is 0 Å². The third kappa shape index (κ3) is 2.45. The number of aliphatic hydroxyl groups is 1. The van der Waals surface area contributed by atoms with Crippen LogP contribution in [0.15, 0.2) is 0 Å². The quantitative estimate of drug-likeness (QED) is 0.705. The van der Waals surface area contributed by atoms with Gasteiger partial charge in [0.15, 0.2) is 0 Å². The smallest absolute Gasteiger partial charge is 0.309 e. The summed E-state index contributed by atoms with van der Waals surface area (Å²) in [5.74, 6) is -1.66. The molecule has 1 rings (SSSR count). The maximum Gasteiger partial charge on any atom is 0.309 e. The lowest BCUT2D eigenvalue weighted by molar-refractivity contribution is -0.149. The molecule has 1 saturated heterocycles. The maximum absolute atomic E-state index is 10.9. The van der Waals surface area contributed by atoms with Crippen molar-refractivity contribution in [2.75, 3.05) is 13.2 Å². The zero-order valence-corrected chi connectivity index (χ0v) is 8.64. The van der Waals surface area contributed by atoms with E-state index in [2.05, 4.69) is 0 Å². The molecule has 3 unspecified atom stereocenters. The summed E-state index contributed by atoms with van der Waals surface area (Å²) in [4.78, 5) is 10.9. The summed E-state index contributed by atoms with van der Waals surface area (Å²) < 4.78 is 5.13. The summed E-state index contributed by atoms with van der Waals surface area (Å²) in [6.45, 7) is 4.75. The third-order valence-electron chi connectivity index (χ3n) is 2.82. The van der Waals surface area contributed by atoms with E-state index in [1.54, 1.807) is 0 Å². The van der Waals surface area contributed by atoms with E-state index in [-0.39, 0.29) is 11.8 Å². The zero-order valence-electron chi connectivity index (χ0n) is 8.64. The average molecular weight is 202 g/mol. The van der Waals surface area contributed by atoms with Crippen molar-refractivity contribution >= 4 is 5.97 Å². The van der Waals surface area contributed by atoms with Crippen LogP contribution < -0.4 is 0 Å². The lowest BCUT2D eigenvalue weighted by atomic mass is 9.83. The molecule has 14 heavy (non-hydrogen) atoms. The Kier molecular flexibility index (Phi) is 3.89. The van der Waals surface area contributed by atoms with Crippen LogP contribution in [-0.2, 0) is 9.53 Å². The average Bonchev–Trinajstić information content (AvgIpc) is 2.53. The van der Waals surface area contributed by atoms with Gasteiger partial charge in [-0.25, -0.2) is 0 Å². The Morgan fingerprint density at radius 2 is 2.14 bits per heavy atom. The van der Waals surface area contributed by atoms with Crippen LogP contribution in [0, 0.1) is 17.8 Å². The van der Waals surface area contributed by atoms with E-state index in [1.165, 1.54) is 0 Å². The van der Waals surface area contributed by atoms with Crippen molar-refractivity contribution in [3.63, 3.8) is 0 Å². The summed E-state index contributed by atoms with van der Waals surface area (Å²) in [6.07, 6.45) is -0.0208. The molecule has 0 aromatic rings. The largest absolute Gasteiger partial charge is 0.481 e. The Bertz CT molecular complexity index is 196. The molecule has 0 spiro atoms. The molecule has 0 aromatic heterocycles. The van der Waals surface area contributed by atoms with E-state index in [4.69, 9.17) is 9.84 Å². The SMILES string of the molecule is CC(C)C(C(=O)O)C(O)C1CCOC1. The number of aliphatic carboxylic acids is 1. The fraction of sp³-hybridized carbons (Fsp3) is 0.900. The van der Waals surface area contributed by atoms with Crippen LogP contribution in [0.2, 0.25) is 0 Å². The fourth-order valence-electron chi connectivity index (χ4n) is 1.94. The van der Waals surface area contributed by atoms with Gasteiger partial charge in [0.25, 0.3) is 0 Å². The molecule has 4 heteroatoms. The van der Waals surface area contributed by atoms with Gasteiger partial charge in [0.05, 0.1) is 18.6 Å². The number of hydrogen-bond donors (Lipinski definition) is 2. The van der Waals surface area contributed by atoms with Gasteiger partial charge in [0, 0.05) is 12.5 Å². The third-order valence-corrected chi connectivity index (χ3v) is 2.82. The predicted octanol–water partition coefficient (Wildman–Crippen LogP) is 0.741. The van der Waals surface area contributed by atoms with Crippen LogP contribution in [0.25, 0.3) is 0 Å². The van der Waals surface area contributed by atoms with Gasteiger partial charge < -0.3 is 14.9 Å². The lowest BCUT2D eigenvalue weighted by Gasteiger charge is -2.26. The van der Waals surface area contributed by atoms with Crippen LogP contribution in [0.4, 0.5) is 0 Å². The monoisotopic (exact) mass is 202 g/mol. The molecule has 1 aliphatic heterocycles. The van der Waals surface area contributed by atoms with Crippen molar-refractivity contribution in [2.24, 2.45) is 17.8 Å². The molecule has 2 N–H and O–H groups in total. The van der Waals surface area contributed by atoms with E-state index < -0.39 is 18.0 Å². The molecule has 0 saturated carbocycles. The molecule has 1 aliphatic rings. The molecule has 3 atom stereocenters. The number of rotatable bonds is 4. The molecular formula is C10H18O4. The second-order valence-electron chi connectivity index (χ2n) is 4.22. The van der Waals surface area contributed by atoms with Crippen molar-refractivity contribution in [1.29, 1.82) is 0 Å². The molecule has 4 nitrogen and oxygen atoms in total. The number of carboxylic acids is 1. The number of carbonyl (C=O) groups is 1. The number of carboxylic acid groups (broad SMARTS) is 1. The van der Waals surface area contributed by atoms with E-state index in [0.29, 0.717) is 13.2 Å². The Balaban J connectivity index is 2.62. The highest BCUT2D eigenvalue weighted by atomic mass is 16.5. The molecule has 0 bridgehead atoms. The Labute approximate surface area is 83.9 Å². The van der Waals surface area contributed by atoms with Gasteiger partial charge in [-0.1, -0.05) is 13.8 Å².